The van der Waals surface area contributed by atoms with Crippen LogP contribution < -0.4 is 10.6 Å². The van der Waals surface area contributed by atoms with E-state index in [1.165, 1.54) is 0 Å². The van der Waals surface area contributed by atoms with Crippen LogP contribution in [0.3, 0.4) is 0 Å². The van der Waals surface area contributed by atoms with Crippen molar-refractivity contribution in [1.29, 1.82) is 0 Å². The minimum absolute atomic E-state index is 0.0285. The van der Waals surface area contributed by atoms with Gasteiger partial charge in [0.1, 0.15) is 0 Å². The van der Waals surface area contributed by atoms with E-state index in [1.54, 1.807) is 24.3 Å². The summed E-state index contributed by atoms with van der Waals surface area (Å²) in [6.07, 6.45) is 0.507. The molecule has 0 unspecified atom stereocenters. The minimum atomic E-state index is -0.557. The van der Waals surface area contributed by atoms with Crippen LogP contribution in [0.2, 0.25) is 0 Å². The number of carbonyl (C=O) groups excluding carboxylic acids is 4. The van der Waals surface area contributed by atoms with Gasteiger partial charge in [0.25, 0.3) is 5.91 Å². The van der Waals surface area contributed by atoms with E-state index in [4.69, 9.17) is 9.47 Å². The second-order valence-corrected chi connectivity index (χ2v) is 8.50. The van der Waals surface area contributed by atoms with Crippen molar-refractivity contribution in [3.05, 3.63) is 59.2 Å². The summed E-state index contributed by atoms with van der Waals surface area (Å²) in [4.78, 5) is 47.9. The molecule has 2 aromatic carbocycles. The Hall–Kier alpha value is -3.68. The molecule has 0 saturated carbocycles. The number of esters is 2. The van der Waals surface area contributed by atoms with E-state index in [0.29, 0.717) is 24.3 Å². The van der Waals surface area contributed by atoms with Crippen LogP contribution in [-0.4, -0.2) is 37.0 Å². The first-order valence-corrected chi connectivity index (χ1v) is 11.2. The lowest BCUT2D eigenvalue weighted by atomic mass is 10.1. The SMILES string of the molecule is Cc1ccc(C)c(NC(=O)CCCC(=O)OCC(=O)Nc2ccc(C(=O)OCC(C)C)cc2)c1. The van der Waals surface area contributed by atoms with E-state index in [2.05, 4.69) is 10.6 Å². The summed E-state index contributed by atoms with van der Waals surface area (Å²) in [6.45, 7) is 7.65. The maximum Gasteiger partial charge on any atom is 0.338 e. The number of ether oxygens (including phenoxy) is 2. The molecular weight excluding hydrogens is 436 g/mol. The van der Waals surface area contributed by atoms with Crippen LogP contribution in [0.1, 0.15) is 54.6 Å². The molecule has 0 aliphatic heterocycles. The third-order valence-corrected chi connectivity index (χ3v) is 4.77. The molecule has 2 rings (SSSR count). The van der Waals surface area contributed by atoms with Crippen LogP contribution in [0.4, 0.5) is 11.4 Å². The van der Waals surface area contributed by atoms with Crippen molar-refractivity contribution in [2.24, 2.45) is 5.92 Å². The Morgan fingerprint density at radius 1 is 0.853 bits per heavy atom. The Labute approximate surface area is 200 Å². The number of benzene rings is 2. The smallest absolute Gasteiger partial charge is 0.338 e. The summed E-state index contributed by atoms with van der Waals surface area (Å²) in [7, 11) is 0. The van der Waals surface area contributed by atoms with E-state index in [0.717, 1.165) is 16.8 Å². The number of rotatable bonds is 11. The molecule has 0 aliphatic rings. The highest BCUT2D eigenvalue weighted by atomic mass is 16.5. The number of hydrogen-bond donors (Lipinski definition) is 2. The summed E-state index contributed by atoms with van der Waals surface area (Å²) in [5, 5.41) is 5.43. The molecule has 0 bridgehead atoms. The number of hydrogen-bond acceptors (Lipinski definition) is 6. The van der Waals surface area contributed by atoms with Gasteiger partial charge in [-0.15, -0.1) is 0 Å². The van der Waals surface area contributed by atoms with Gasteiger partial charge >= 0.3 is 11.9 Å². The summed E-state index contributed by atoms with van der Waals surface area (Å²) in [5.41, 5.74) is 3.61. The van der Waals surface area contributed by atoms with Crippen molar-refractivity contribution in [2.75, 3.05) is 23.8 Å². The maximum atomic E-state index is 12.1. The number of amides is 2. The molecule has 2 N–H and O–H groups in total. The number of carbonyl (C=O) groups is 4. The fraction of sp³-hybridized carbons (Fsp3) is 0.385. The van der Waals surface area contributed by atoms with Gasteiger partial charge in [0.2, 0.25) is 5.91 Å². The van der Waals surface area contributed by atoms with Crippen LogP contribution in [0.15, 0.2) is 42.5 Å². The average molecular weight is 469 g/mol. The lowest BCUT2D eigenvalue weighted by Gasteiger charge is -2.10. The lowest BCUT2D eigenvalue weighted by Crippen LogP contribution is -2.21. The molecule has 34 heavy (non-hydrogen) atoms. The molecule has 8 nitrogen and oxygen atoms in total. The van der Waals surface area contributed by atoms with Crippen LogP contribution in [0.25, 0.3) is 0 Å². The molecule has 2 amide bonds. The van der Waals surface area contributed by atoms with Gasteiger partial charge in [0.15, 0.2) is 6.61 Å². The highest BCUT2D eigenvalue weighted by molar-refractivity contribution is 5.94. The zero-order valence-corrected chi connectivity index (χ0v) is 20.1. The van der Waals surface area contributed by atoms with Gasteiger partial charge in [-0.25, -0.2) is 4.79 Å². The fourth-order valence-electron chi connectivity index (χ4n) is 2.91. The monoisotopic (exact) mass is 468 g/mol. The Morgan fingerprint density at radius 2 is 1.56 bits per heavy atom. The van der Waals surface area contributed by atoms with Crippen molar-refractivity contribution in [3.63, 3.8) is 0 Å². The minimum Gasteiger partial charge on any atom is -0.462 e. The number of anilines is 2. The Kier molecular flexibility index (Phi) is 10.3. The Bertz CT molecular complexity index is 1010. The molecule has 2 aromatic rings. The molecule has 8 heteroatoms. The van der Waals surface area contributed by atoms with Gasteiger partial charge in [-0.1, -0.05) is 26.0 Å². The van der Waals surface area contributed by atoms with Gasteiger partial charge in [-0.05, 0) is 67.6 Å². The number of aryl methyl sites for hydroxylation is 2. The van der Waals surface area contributed by atoms with Crippen LogP contribution in [0.5, 0.6) is 0 Å². The quantitative estimate of drug-likeness (QED) is 0.473. The third-order valence-electron chi connectivity index (χ3n) is 4.77. The molecule has 0 saturated heterocycles. The summed E-state index contributed by atoms with van der Waals surface area (Å²) in [6, 6.07) is 12.0. The second-order valence-electron chi connectivity index (χ2n) is 8.50. The van der Waals surface area contributed by atoms with Gasteiger partial charge in [-0.3, -0.25) is 14.4 Å². The topological polar surface area (TPSA) is 111 Å². The van der Waals surface area contributed by atoms with E-state index >= 15 is 0 Å². The van der Waals surface area contributed by atoms with Gasteiger partial charge in [0, 0.05) is 24.2 Å². The standard InChI is InChI=1S/C26H32N2O6/c1-17(2)15-34-26(32)20-10-12-21(13-11-20)27-24(30)16-33-25(31)7-5-6-23(29)28-22-14-18(3)8-9-19(22)4/h8-14,17H,5-7,15-16H2,1-4H3,(H,27,30)(H,28,29). The first-order chi connectivity index (χ1) is 16.1. The number of nitrogens with one attached hydrogen (secondary N) is 2. The Balaban J connectivity index is 1.66. The second kappa shape index (κ2) is 13.1. The predicted octanol–water partition coefficient (Wildman–Crippen LogP) is 4.41. The molecule has 0 radical (unpaired) electrons. The fourth-order valence-corrected chi connectivity index (χ4v) is 2.91. The van der Waals surface area contributed by atoms with Crippen molar-refractivity contribution in [3.8, 4) is 0 Å². The van der Waals surface area contributed by atoms with E-state index < -0.39 is 24.5 Å². The first kappa shape index (κ1) is 26.6. The summed E-state index contributed by atoms with van der Waals surface area (Å²) in [5.74, 6) is -1.43. The first-order valence-electron chi connectivity index (χ1n) is 11.2. The van der Waals surface area contributed by atoms with Crippen molar-refractivity contribution >= 4 is 35.1 Å². The molecule has 182 valence electrons. The Morgan fingerprint density at radius 3 is 2.24 bits per heavy atom. The molecular formula is C26H32N2O6. The van der Waals surface area contributed by atoms with Crippen molar-refractivity contribution in [1.82, 2.24) is 0 Å². The zero-order valence-electron chi connectivity index (χ0n) is 20.1. The lowest BCUT2D eigenvalue weighted by molar-refractivity contribution is -0.147. The van der Waals surface area contributed by atoms with Crippen LogP contribution in [-0.2, 0) is 23.9 Å². The van der Waals surface area contributed by atoms with Crippen LogP contribution in [0, 0.1) is 19.8 Å². The molecule has 0 aromatic heterocycles. The summed E-state index contributed by atoms with van der Waals surface area (Å²) < 4.78 is 10.1. The van der Waals surface area contributed by atoms with Crippen LogP contribution >= 0.6 is 0 Å². The highest BCUT2D eigenvalue weighted by Crippen LogP contribution is 2.17. The molecule has 0 spiro atoms. The van der Waals surface area contributed by atoms with Gasteiger partial charge < -0.3 is 20.1 Å². The predicted molar refractivity (Wildman–Crippen MR) is 130 cm³/mol. The molecule has 0 fully saturated rings. The van der Waals surface area contributed by atoms with E-state index in [1.807, 2.05) is 45.9 Å². The zero-order chi connectivity index (χ0) is 25.1. The molecule has 0 heterocycles. The third kappa shape index (κ3) is 9.44. The largest absolute Gasteiger partial charge is 0.462 e. The maximum absolute atomic E-state index is 12.1. The highest BCUT2D eigenvalue weighted by Gasteiger charge is 2.12. The summed E-state index contributed by atoms with van der Waals surface area (Å²) >= 11 is 0. The van der Waals surface area contributed by atoms with Gasteiger partial charge in [0.05, 0.1) is 12.2 Å². The van der Waals surface area contributed by atoms with E-state index in [9.17, 15) is 19.2 Å². The molecule has 0 atom stereocenters. The molecule has 0 aliphatic carbocycles. The average Bonchev–Trinajstić information content (AvgIpc) is 2.79. The normalized spacial score (nSPS) is 10.5. The van der Waals surface area contributed by atoms with Crippen molar-refractivity contribution in [2.45, 2.75) is 47.0 Å². The van der Waals surface area contributed by atoms with Gasteiger partial charge in [-0.2, -0.15) is 0 Å². The van der Waals surface area contributed by atoms with Crippen molar-refractivity contribution < 1.29 is 28.7 Å². The van der Waals surface area contributed by atoms with E-state index in [-0.39, 0.29) is 24.7 Å².